The summed E-state index contributed by atoms with van der Waals surface area (Å²) in [4.78, 5) is 80.2. The minimum absolute atomic E-state index is 0.0382. The van der Waals surface area contributed by atoms with Crippen molar-refractivity contribution in [2.24, 2.45) is 7.05 Å². The maximum Gasteiger partial charge on any atom is 0.313 e. The first-order valence-corrected chi connectivity index (χ1v) is 21.8. The number of phosphoric ester groups is 2. The number of aliphatic hydroxyl groups is 2. The van der Waals surface area contributed by atoms with Crippen molar-refractivity contribution in [3.05, 3.63) is 39.2 Å². The molecule has 0 radical (unpaired) electrons. The smallest absolute Gasteiger partial charge is 0.313 e. The number of aryl methyl sites for hydroxylation is 2. The molecule has 6 heterocycles. The minimum atomic E-state index is -5.78. The molecular formula is C26H36N9O17P3S-2. The van der Waals surface area contributed by atoms with Gasteiger partial charge < -0.3 is 63.6 Å². The number of nitrogens with two attached hydrogens (primary N) is 1. The fourth-order valence-electron chi connectivity index (χ4n) is 6.21. The second kappa shape index (κ2) is 16.0. The number of aromatic amines is 2. The Labute approximate surface area is 319 Å². The molecule has 11 atom stereocenters. The van der Waals surface area contributed by atoms with Crippen LogP contribution in [0.2, 0.25) is 0 Å². The molecule has 0 spiro atoms. The van der Waals surface area contributed by atoms with Crippen LogP contribution in [0.1, 0.15) is 32.1 Å². The van der Waals surface area contributed by atoms with Gasteiger partial charge in [-0.1, -0.05) is 16.8 Å². The molecule has 310 valence electrons. The molecule has 0 aliphatic carbocycles. The van der Waals surface area contributed by atoms with Gasteiger partial charge in [-0.3, -0.25) is 41.5 Å². The summed E-state index contributed by atoms with van der Waals surface area (Å²) in [5, 5.41) is 22.0. The Morgan fingerprint density at radius 1 is 1.02 bits per heavy atom. The summed E-state index contributed by atoms with van der Waals surface area (Å²) in [6, 6.07) is 0. The lowest BCUT2D eigenvalue weighted by atomic mass is 10.1. The molecule has 4 aromatic heterocycles. The number of nitrogens with one attached hydrogen (secondary N) is 2. The predicted octanol–water partition coefficient (Wildman–Crippen LogP) is -3.51. The maximum absolute atomic E-state index is 12.8. The zero-order valence-corrected chi connectivity index (χ0v) is 33.3. The summed E-state index contributed by atoms with van der Waals surface area (Å²) in [6.45, 7) is -2.66. The zero-order valence-electron chi connectivity index (χ0n) is 29.8. The first kappa shape index (κ1) is 42.7. The Bertz CT molecular complexity index is 2370. The highest BCUT2D eigenvalue weighted by Crippen LogP contribution is 2.63. The quantitative estimate of drug-likeness (QED) is 0.0571. The van der Waals surface area contributed by atoms with E-state index in [0.717, 1.165) is 0 Å². The van der Waals surface area contributed by atoms with Gasteiger partial charge in [0.05, 0.1) is 32.7 Å². The molecule has 0 bridgehead atoms. The SMILES string of the molecule is CO[C@H]1C(O)[C@@H](COP(=O)([O-])OP([O-])(=S)OP(=O)([O-])OC[C@H]2O[C@@H](n3cnc4c(=O)[nH]c(C)nc43)[C@@H](O)C2OC(C)C)O[C@H]1[n+]1cn(C)c2c(=O)[nH]c(N)nc21. The van der Waals surface area contributed by atoms with Gasteiger partial charge in [0.15, 0.2) is 23.7 Å². The Kier molecular flexibility index (Phi) is 12.2. The average molecular weight is 872 g/mol. The molecule has 5 unspecified atom stereocenters. The summed E-state index contributed by atoms with van der Waals surface area (Å²) < 4.78 is 70.2. The molecule has 6 N–H and O–H groups in total. The molecule has 56 heavy (non-hydrogen) atoms. The Hall–Kier alpha value is -2.91. The molecule has 0 amide bonds. The lowest BCUT2D eigenvalue weighted by Crippen LogP contribution is -2.47. The fourth-order valence-corrected chi connectivity index (χ4v) is 11.1. The van der Waals surface area contributed by atoms with Crippen molar-refractivity contribution >= 4 is 62.4 Å². The zero-order chi connectivity index (χ0) is 41.1. The first-order chi connectivity index (χ1) is 26.1. The average Bonchev–Trinajstić information content (AvgIpc) is 3.80. The van der Waals surface area contributed by atoms with Crippen molar-refractivity contribution in [3.8, 4) is 0 Å². The number of methoxy groups -OCH3 is 1. The van der Waals surface area contributed by atoms with E-state index in [0.29, 0.717) is 0 Å². The summed E-state index contributed by atoms with van der Waals surface area (Å²) in [6.07, 6.45) is -8.77. The molecule has 26 nitrogen and oxygen atoms in total. The van der Waals surface area contributed by atoms with Crippen LogP contribution in [0.15, 0.2) is 22.2 Å². The molecule has 2 fully saturated rings. The number of aromatic nitrogens is 8. The molecule has 0 saturated carbocycles. The van der Waals surface area contributed by atoms with E-state index in [1.54, 1.807) is 13.8 Å². The number of fused-ring (bicyclic) bond motifs is 2. The van der Waals surface area contributed by atoms with Gasteiger partial charge in [0.25, 0.3) is 32.7 Å². The summed E-state index contributed by atoms with van der Waals surface area (Å²) in [5.41, 5.74) is 4.66. The first-order valence-electron chi connectivity index (χ1n) is 16.3. The standard InChI is InChI=1S/C26H38N9O17P3S/c1-10(2)48-18-13(50-24(17(18)37)34-8-28-14-20(34)29-11(3)30-22(14)38)7-47-54(42,43)52-55(44,56)51-53(40,41)46-6-12-16(36)19(45-5)25(49-12)35-9-33(4)15-21(35)31-26(27)32-23(15)39/h8-10,12-13,16-19,24-25,36-37H,6-7H2,1-5H3,(H6-,27,29,30,31,32,38,39,40,41,42,43,44,56)/p-2/t12-,13-,16?,17+,18?,19+,24-,25-,55?/m1/s1. The topological polar surface area (TPSA) is 362 Å². The van der Waals surface area contributed by atoms with E-state index >= 15 is 0 Å². The van der Waals surface area contributed by atoms with E-state index in [1.807, 2.05) is 0 Å². The van der Waals surface area contributed by atoms with Crippen LogP contribution < -0.4 is 36.1 Å². The van der Waals surface area contributed by atoms with Crippen LogP contribution in [0.25, 0.3) is 22.3 Å². The van der Waals surface area contributed by atoms with Crippen molar-refractivity contribution < 1.29 is 75.2 Å². The number of rotatable bonds is 15. The fraction of sp³-hybridized carbons (Fsp3) is 0.615. The number of nitrogens with zero attached hydrogens (tertiary/aromatic N) is 6. The number of anilines is 1. The molecule has 2 aliphatic heterocycles. The number of aliphatic hydroxyl groups excluding tert-OH is 2. The normalized spacial score (nSPS) is 28.9. The van der Waals surface area contributed by atoms with Gasteiger partial charge >= 0.3 is 5.65 Å². The second-order valence-corrected chi connectivity index (χ2v) is 18.6. The second-order valence-electron chi connectivity index (χ2n) is 12.8. The van der Waals surface area contributed by atoms with E-state index < -0.39 is 102 Å². The molecular weight excluding hydrogens is 835 g/mol. The Balaban J connectivity index is 1.09. The van der Waals surface area contributed by atoms with Crippen LogP contribution in [0, 0.1) is 6.92 Å². The van der Waals surface area contributed by atoms with E-state index in [9.17, 15) is 43.6 Å². The van der Waals surface area contributed by atoms with Gasteiger partial charge in [-0.2, -0.15) is 0 Å². The highest BCUT2D eigenvalue weighted by Gasteiger charge is 2.49. The van der Waals surface area contributed by atoms with Crippen molar-refractivity contribution in [2.45, 2.75) is 76.0 Å². The predicted molar refractivity (Wildman–Crippen MR) is 183 cm³/mol. The molecule has 4 aromatic rings. The van der Waals surface area contributed by atoms with Crippen molar-refractivity contribution in [3.63, 3.8) is 0 Å². The molecule has 30 heteroatoms. The van der Waals surface area contributed by atoms with Crippen LogP contribution in [-0.4, -0.2) is 107 Å². The van der Waals surface area contributed by atoms with Crippen LogP contribution in [-0.2, 0) is 64.6 Å². The summed E-state index contributed by atoms with van der Waals surface area (Å²) >= 11 is 4.50. The number of hydrogen-bond acceptors (Lipinski definition) is 22. The summed E-state index contributed by atoms with van der Waals surface area (Å²) in [5.74, 6) is 0.01000. The number of nitrogen functional groups attached to an aromatic ring is 1. The van der Waals surface area contributed by atoms with E-state index in [1.165, 1.54) is 47.4 Å². The number of phosphoric acid groups is 2. The van der Waals surface area contributed by atoms with Crippen LogP contribution in [0.3, 0.4) is 0 Å². The lowest BCUT2D eigenvalue weighted by molar-refractivity contribution is -0.746. The number of hydrogen-bond donors (Lipinski definition) is 5. The van der Waals surface area contributed by atoms with Gasteiger partial charge in [-0.05, 0) is 20.8 Å². The van der Waals surface area contributed by atoms with E-state index in [4.69, 9.17) is 33.7 Å². The minimum Gasteiger partial charge on any atom is -0.779 e. The Morgan fingerprint density at radius 3 is 2.29 bits per heavy atom. The largest absolute Gasteiger partial charge is 0.779 e. The van der Waals surface area contributed by atoms with Gasteiger partial charge in [-0.25, -0.2) is 14.5 Å². The van der Waals surface area contributed by atoms with Crippen LogP contribution >= 0.6 is 22.4 Å². The van der Waals surface area contributed by atoms with Gasteiger partial charge in [0, 0.05) is 7.11 Å². The van der Waals surface area contributed by atoms with Crippen molar-refractivity contribution in [2.75, 3.05) is 26.1 Å². The molecule has 0 aromatic carbocycles. The Morgan fingerprint density at radius 2 is 1.66 bits per heavy atom. The summed E-state index contributed by atoms with van der Waals surface area (Å²) in [7, 11) is -8.79. The number of imidazole rings is 2. The van der Waals surface area contributed by atoms with E-state index in [-0.39, 0.29) is 34.1 Å². The van der Waals surface area contributed by atoms with Crippen molar-refractivity contribution in [1.29, 1.82) is 0 Å². The van der Waals surface area contributed by atoms with Crippen LogP contribution in [0.4, 0.5) is 5.95 Å². The van der Waals surface area contributed by atoms with Crippen molar-refractivity contribution in [1.82, 2.24) is 34.1 Å². The monoisotopic (exact) mass is 871 g/mol. The van der Waals surface area contributed by atoms with Gasteiger partial charge in [0.2, 0.25) is 11.7 Å². The molecule has 2 saturated heterocycles. The third-order valence-corrected chi connectivity index (χ3v) is 13.7. The highest BCUT2D eigenvalue weighted by molar-refractivity contribution is 8.09. The maximum atomic E-state index is 12.8. The number of ether oxygens (including phenoxy) is 4. The van der Waals surface area contributed by atoms with Gasteiger partial charge in [-0.15, -0.1) is 0 Å². The van der Waals surface area contributed by atoms with Gasteiger partial charge in [0.1, 0.15) is 49.2 Å². The lowest BCUT2D eigenvalue weighted by Gasteiger charge is -2.37. The third kappa shape index (κ3) is 8.89. The number of H-pyrrole nitrogens is 2. The van der Waals surface area contributed by atoms with E-state index in [2.05, 4.69) is 45.3 Å². The highest BCUT2D eigenvalue weighted by atomic mass is 32.5. The molecule has 6 rings (SSSR count). The third-order valence-electron chi connectivity index (χ3n) is 8.41. The van der Waals surface area contributed by atoms with Crippen LogP contribution in [0.5, 0.6) is 0 Å². The molecule has 2 aliphatic rings.